The lowest BCUT2D eigenvalue weighted by Crippen LogP contribution is -2.39. The van der Waals surface area contributed by atoms with Crippen molar-refractivity contribution in [3.8, 4) is 0 Å². The summed E-state index contributed by atoms with van der Waals surface area (Å²) >= 11 is 0. The van der Waals surface area contributed by atoms with Crippen LogP contribution in [0.3, 0.4) is 0 Å². The lowest BCUT2D eigenvalue weighted by Gasteiger charge is -2.27. The van der Waals surface area contributed by atoms with Crippen LogP contribution in [0.5, 0.6) is 0 Å². The van der Waals surface area contributed by atoms with Crippen LogP contribution in [0.4, 0.5) is 0 Å². The molecule has 0 N–H and O–H groups in total. The molecule has 0 radical (unpaired) electrons. The van der Waals surface area contributed by atoms with Gasteiger partial charge in [0.05, 0.1) is 6.04 Å². The highest BCUT2D eigenvalue weighted by molar-refractivity contribution is 5.92. The second kappa shape index (κ2) is 6.71. The Balaban J connectivity index is 1.48. The zero-order valence-electron chi connectivity index (χ0n) is 13.7. The smallest absolute Gasteiger partial charge is 0.339 e. The van der Waals surface area contributed by atoms with Gasteiger partial charge in [-0.1, -0.05) is 0 Å². The summed E-state index contributed by atoms with van der Waals surface area (Å²) in [4.78, 5) is 25.2. The first kappa shape index (κ1) is 16.0. The number of cyclic esters (lactones) is 2. The number of hydrogen-bond acceptors (Lipinski definition) is 5. The van der Waals surface area contributed by atoms with Crippen LogP contribution in [0.25, 0.3) is 0 Å². The number of rotatable bonds is 5. The van der Waals surface area contributed by atoms with Gasteiger partial charge in [0.15, 0.2) is 0 Å². The second-order valence-electron chi connectivity index (χ2n) is 6.43. The zero-order chi connectivity index (χ0) is 16.4. The van der Waals surface area contributed by atoms with E-state index in [9.17, 15) is 9.59 Å². The van der Waals surface area contributed by atoms with Crippen molar-refractivity contribution < 1.29 is 19.1 Å². The lowest BCUT2D eigenvalue weighted by atomic mass is 10.1. The molecule has 3 heterocycles. The maximum Gasteiger partial charge on any atom is 0.339 e. The summed E-state index contributed by atoms with van der Waals surface area (Å²) in [7, 11) is 0. The molecule has 0 spiro atoms. The number of nitrogens with zero attached hydrogens (tertiary/aromatic N) is 1. The van der Waals surface area contributed by atoms with E-state index in [2.05, 4.69) is 4.90 Å². The van der Waals surface area contributed by atoms with Gasteiger partial charge in [-0.3, -0.25) is 4.90 Å². The number of ether oxygens (including phenoxy) is 2. The monoisotopic (exact) mass is 317 g/mol. The Morgan fingerprint density at radius 1 is 1.26 bits per heavy atom. The first-order chi connectivity index (χ1) is 11.0. The fraction of sp³-hybridized carbons (Fsp3) is 0.556. The van der Waals surface area contributed by atoms with Crippen LogP contribution in [0.2, 0.25) is 0 Å². The molecule has 3 rings (SSSR count). The number of carbonyl (C=O) groups excluding carboxylic acids is 2. The fourth-order valence-corrected chi connectivity index (χ4v) is 3.38. The number of unbranched alkanes of at least 4 members (excludes halogenated alkanes) is 1. The topological polar surface area (TPSA) is 55.8 Å². The summed E-state index contributed by atoms with van der Waals surface area (Å²) in [5.74, 6) is 0.228. The number of esters is 2. The lowest BCUT2D eigenvalue weighted by molar-refractivity contribution is -0.141. The largest absolute Gasteiger partial charge is 0.453 e. The molecule has 0 aromatic carbocycles. The minimum Gasteiger partial charge on any atom is -0.453 e. The molecule has 5 nitrogen and oxygen atoms in total. The Morgan fingerprint density at radius 2 is 2.09 bits per heavy atom. The molecule has 3 aliphatic rings. The van der Waals surface area contributed by atoms with Gasteiger partial charge < -0.3 is 9.47 Å². The van der Waals surface area contributed by atoms with Gasteiger partial charge in [-0.25, -0.2) is 9.59 Å². The quantitative estimate of drug-likeness (QED) is 0.576. The Morgan fingerprint density at radius 3 is 2.74 bits per heavy atom. The third-order valence-corrected chi connectivity index (χ3v) is 4.66. The molecule has 23 heavy (non-hydrogen) atoms. The average molecular weight is 317 g/mol. The zero-order valence-corrected chi connectivity index (χ0v) is 13.7. The Hall–Kier alpha value is -1.88. The van der Waals surface area contributed by atoms with Crippen molar-refractivity contribution >= 4 is 11.9 Å². The third-order valence-electron chi connectivity index (χ3n) is 4.66. The van der Waals surface area contributed by atoms with Gasteiger partial charge in [0, 0.05) is 11.1 Å². The molecule has 1 fully saturated rings. The van der Waals surface area contributed by atoms with Crippen LogP contribution in [0.1, 0.15) is 39.5 Å². The van der Waals surface area contributed by atoms with Crippen LogP contribution in [0.15, 0.2) is 35.1 Å². The molecule has 124 valence electrons. The standard InChI is InChI=1S/C18H23NO4/c1-12-10-14(22-17(12)20)6-3-4-8-19-9-5-7-15(19)16-11-13(2)18(21)23-16/h6,10-11,15-16H,3-5,7-9H2,1-2H3/b14-6+/t15-,16-/m1/s1. The Bertz CT molecular complexity index is 602. The van der Waals surface area contributed by atoms with E-state index in [-0.39, 0.29) is 18.0 Å². The van der Waals surface area contributed by atoms with Gasteiger partial charge >= 0.3 is 11.9 Å². The number of hydrogen-bond donors (Lipinski definition) is 0. The van der Waals surface area contributed by atoms with Gasteiger partial charge in [0.25, 0.3) is 0 Å². The number of carbonyl (C=O) groups is 2. The molecule has 0 saturated carbocycles. The number of allylic oxidation sites excluding steroid dienone is 2. The first-order valence-electron chi connectivity index (χ1n) is 8.28. The highest BCUT2D eigenvalue weighted by Crippen LogP contribution is 2.27. The van der Waals surface area contributed by atoms with E-state index in [4.69, 9.17) is 9.47 Å². The van der Waals surface area contributed by atoms with Gasteiger partial charge in [-0.05, 0) is 70.8 Å². The van der Waals surface area contributed by atoms with Crippen LogP contribution < -0.4 is 0 Å². The summed E-state index contributed by atoms with van der Waals surface area (Å²) < 4.78 is 10.6. The molecule has 0 amide bonds. The summed E-state index contributed by atoms with van der Waals surface area (Å²) in [5.41, 5.74) is 1.37. The molecular formula is C18H23NO4. The molecular weight excluding hydrogens is 294 g/mol. The van der Waals surface area contributed by atoms with Crippen molar-refractivity contribution in [3.05, 3.63) is 35.1 Å². The van der Waals surface area contributed by atoms with Gasteiger partial charge in [0.1, 0.15) is 11.9 Å². The summed E-state index contributed by atoms with van der Waals surface area (Å²) in [6.07, 6.45) is 9.70. The van der Waals surface area contributed by atoms with Crippen LogP contribution in [-0.4, -0.2) is 42.1 Å². The minimum atomic E-state index is -0.249. The maximum atomic E-state index is 11.5. The van der Waals surface area contributed by atoms with E-state index in [0.717, 1.165) is 44.3 Å². The minimum absolute atomic E-state index is 0.0928. The second-order valence-corrected chi connectivity index (χ2v) is 6.43. The van der Waals surface area contributed by atoms with Crippen molar-refractivity contribution in [2.45, 2.75) is 51.7 Å². The summed E-state index contributed by atoms with van der Waals surface area (Å²) in [6.45, 7) is 5.59. The van der Waals surface area contributed by atoms with E-state index in [1.165, 1.54) is 0 Å². The predicted octanol–water partition coefficient (Wildman–Crippen LogP) is 2.49. The SMILES string of the molecule is CC1=C/C(=C\CCCN2CCC[C@@H]2[C@H]2C=C(C)C(=O)O2)OC1=O. The maximum absolute atomic E-state index is 11.5. The van der Waals surface area contributed by atoms with E-state index in [0.29, 0.717) is 17.4 Å². The predicted molar refractivity (Wildman–Crippen MR) is 85.4 cm³/mol. The van der Waals surface area contributed by atoms with Crippen LogP contribution >= 0.6 is 0 Å². The van der Waals surface area contributed by atoms with E-state index < -0.39 is 0 Å². The first-order valence-corrected chi connectivity index (χ1v) is 8.28. The molecule has 5 heteroatoms. The van der Waals surface area contributed by atoms with Gasteiger partial charge in [-0.2, -0.15) is 0 Å². The van der Waals surface area contributed by atoms with Gasteiger partial charge in [0.2, 0.25) is 0 Å². The molecule has 0 aromatic rings. The molecule has 0 unspecified atom stereocenters. The summed E-state index contributed by atoms with van der Waals surface area (Å²) in [5, 5.41) is 0. The summed E-state index contributed by atoms with van der Waals surface area (Å²) in [6, 6.07) is 0.301. The van der Waals surface area contributed by atoms with E-state index >= 15 is 0 Å². The van der Waals surface area contributed by atoms with Crippen LogP contribution in [0, 0.1) is 0 Å². The average Bonchev–Trinajstić information content (AvgIpc) is 3.18. The highest BCUT2D eigenvalue weighted by Gasteiger charge is 2.36. The van der Waals surface area contributed by atoms with E-state index in [1.807, 2.05) is 19.1 Å². The molecule has 1 saturated heterocycles. The Labute approximate surface area is 136 Å². The molecule has 0 aliphatic carbocycles. The Kier molecular flexibility index (Phi) is 4.66. The molecule has 2 atom stereocenters. The van der Waals surface area contributed by atoms with Gasteiger partial charge in [-0.15, -0.1) is 0 Å². The fourth-order valence-electron chi connectivity index (χ4n) is 3.38. The molecule has 0 bridgehead atoms. The van der Waals surface area contributed by atoms with Crippen molar-refractivity contribution in [1.29, 1.82) is 0 Å². The van der Waals surface area contributed by atoms with Crippen molar-refractivity contribution in [1.82, 2.24) is 4.90 Å². The van der Waals surface area contributed by atoms with Crippen molar-refractivity contribution in [2.24, 2.45) is 0 Å². The van der Waals surface area contributed by atoms with Crippen molar-refractivity contribution in [3.63, 3.8) is 0 Å². The number of likely N-dealkylation sites (tertiary alicyclic amines) is 1. The molecule has 3 aliphatic heterocycles. The highest BCUT2D eigenvalue weighted by atomic mass is 16.6. The molecule has 0 aromatic heterocycles. The third kappa shape index (κ3) is 3.55. The normalized spacial score (nSPS) is 29.7. The van der Waals surface area contributed by atoms with Crippen molar-refractivity contribution in [2.75, 3.05) is 13.1 Å². The van der Waals surface area contributed by atoms with Crippen LogP contribution in [-0.2, 0) is 19.1 Å². The van der Waals surface area contributed by atoms with E-state index in [1.54, 1.807) is 13.0 Å².